The molecule has 0 aromatic heterocycles. The summed E-state index contributed by atoms with van der Waals surface area (Å²) in [6, 6.07) is 0. The Hall–Kier alpha value is 0.604. The predicted octanol–water partition coefficient (Wildman–Crippen LogP) is 5.20. The van der Waals surface area contributed by atoms with Crippen LogP contribution in [0.4, 0.5) is 0 Å². The molecule has 2 aliphatic heterocycles. The first-order valence-corrected chi connectivity index (χ1v) is 17.6. The fourth-order valence-corrected chi connectivity index (χ4v) is 7.76. The van der Waals surface area contributed by atoms with Gasteiger partial charge in [-0.25, -0.2) is 0 Å². The van der Waals surface area contributed by atoms with Gasteiger partial charge in [0, 0.05) is 0 Å². The Bertz CT molecular complexity index is 299. The van der Waals surface area contributed by atoms with Crippen LogP contribution >= 0.6 is 0 Å². The zero-order valence-electron chi connectivity index (χ0n) is 12.5. The molecule has 0 nitrogen and oxygen atoms in total. The normalized spacial score (nSPS) is 33.4. The first kappa shape index (κ1) is 14.0. The molecule has 2 heteroatoms. The molecule has 0 saturated carbocycles. The Morgan fingerprint density at radius 3 is 2.06 bits per heavy atom. The zero-order chi connectivity index (χ0) is 12.6. The first-order valence-electron chi connectivity index (χ1n) is 7.62. The van der Waals surface area contributed by atoms with Crippen LogP contribution in [-0.4, -0.2) is 25.1 Å². The van der Waals surface area contributed by atoms with E-state index in [1.54, 1.807) is 0 Å². The Morgan fingerprint density at radius 2 is 1.59 bits per heavy atom. The van der Waals surface area contributed by atoms with Crippen molar-refractivity contribution in [3.63, 3.8) is 0 Å². The fraction of sp³-hybridized carbons (Fsp3) is 0.867. The summed E-state index contributed by atoms with van der Waals surface area (Å²) in [4.78, 5) is 7.79. The molecule has 0 amide bonds. The number of hydrogen-bond donors (Lipinski definition) is 0. The standard InChI is InChI=1S/C12H20B.3CH3.Sn/c1-3-12-10-6-4-8-11(13(12)2)9-5-7-10;;;;/h10-11H,4-9H2,1-2H3;3*1H3;. The van der Waals surface area contributed by atoms with E-state index < -0.39 is 18.4 Å². The molecule has 2 saturated heterocycles. The number of rotatable bonds is 1. The predicted molar refractivity (Wildman–Crippen MR) is 82.6 cm³/mol. The molecule has 2 heterocycles. The van der Waals surface area contributed by atoms with E-state index in [1.165, 1.54) is 38.5 Å². The van der Waals surface area contributed by atoms with Gasteiger partial charge in [0.1, 0.15) is 0 Å². The molecule has 0 radical (unpaired) electrons. The summed E-state index contributed by atoms with van der Waals surface area (Å²) in [5, 5.41) is 0. The Kier molecular flexibility index (Phi) is 4.38. The van der Waals surface area contributed by atoms with Crippen molar-refractivity contribution in [2.45, 2.75) is 72.9 Å². The van der Waals surface area contributed by atoms with E-state index in [0.717, 1.165) is 18.4 Å². The Balaban J connectivity index is 2.43. The fourth-order valence-electron chi connectivity index (χ4n) is 4.06. The quantitative estimate of drug-likeness (QED) is 0.576. The van der Waals surface area contributed by atoms with Gasteiger partial charge in [-0.15, -0.1) is 0 Å². The van der Waals surface area contributed by atoms with Gasteiger partial charge < -0.3 is 0 Å². The van der Waals surface area contributed by atoms with Crippen LogP contribution in [0.5, 0.6) is 0 Å². The third kappa shape index (κ3) is 2.96. The van der Waals surface area contributed by atoms with Crippen LogP contribution < -0.4 is 0 Å². The molecule has 0 N–H and O–H groups in total. The summed E-state index contributed by atoms with van der Waals surface area (Å²) >= 11 is -1.84. The SMILES string of the molecule is CB1/C(=[C](/C)[Sn]([CH3])([CH3])[CH3])C2CCCC1CCC2. The molecule has 0 spiro atoms. The zero-order valence-corrected chi connectivity index (χ0v) is 15.3. The second-order valence-corrected chi connectivity index (χ2v) is 22.4. The molecular formula is C15H29BSn. The van der Waals surface area contributed by atoms with Crippen LogP contribution in [-0.2, 0) is 0 Å². The molecule has 2 aliphatic rings. The monoisotopic (exact) mass is 340 g/mol. The van der Waals surface area contributed by atoms with Crippen molar-refractivity contribution in [1.29, 1.82) is 0 Å². The maximum atomic E-state index is 2.60. The molecule has 0 unspecified atom stereocenters. The van der Waals surface area contributed by atoms with Crippen molar-refractivity contribution >= 4 is 25.1 Å². The molecule has 0 atom stereocenters. The molecule has 2 rings (SSSR count). The van der Waals surface area contributed by atoms with Crippen LogP contribution in [0, 0.1) is 5.92 Å². The molecule has 0 aromatic carbocycles. The Morgan fingerprint density at radius 1 is 1.06 bits per heavy atom. The second-order valence-electron chi connectivity index (χ2n) is 7.44. The summed E-state index contributed by atoms with van der Waals surface area (Å²) in [5.41, 5.74) is 1.95. The van der Waals surface area contributed by atoms with E-state index >= 15 is 0 Å². The van der Waals surface area contributed by atoms with Crippen molar-refractivity contribution in [2.75, 3.05) is 0 Å². The third-order valence-electron chi connectivity index (χ3n) is 5.45. The van der Waals surface area contributed by atoms with E-state index in [-0.39, 0.29) is 0 Å². The molecule has 0 aliphatic carbocycles. The van der Waals surface area contributed by atoms with E-state index in [4.69, 9.17) is 0 Å². The minimum absolute atomic E-state index is 0.904. The van der Waals surface area contributed by atoms with E-state index in [0.29, 0.717) is 0 Å². The van der Waals surface area contributed by atoms with Gasteiger partial charge in [0.2, 0.25) is 0 Å². The average molecular weight is 339 g/mol. The second kappa shape index (κ2) is 5.31. The number of allylic oxidation sites excluding steroid dienone is 2. The van der Waals surface area contributed by atoms with Crippen molar-refractivity contribution in [2.24, 2.45) is 5.92 Å². The number of hydrogen-bond acceptors (Lipinski definition) is 0. The van der Waals surface area contributed by atoms with E-state index in [9.17, 15) is 0 Å². The summed E-state index contributed by atoms with van der Waals surface area (Å²) in [7, 11) is 0. The van der Waals surface area contributed by atoms with Gasteiger partial charge in [0.15, 0.2) is 0 Å². The topological polar surface area (TPSA) is 0 Å². The first-order chi connectivity index (χ1) is 7.91. The molecule has 96 valence electrons. The summed E-state index contributed by atoms with van der Waals surface area (Å²) in [6.45, 7) is 5.95. The third-order valence-corrected chi connectivity index (χ3v) is 12.7. The van der Waals surface area contributed by atoms with Gasteiger partial charge in [-0.3, -0.25) is 0 Å². The van der Waals surface area contributed by atoms with Gasteiger partial charge >= 0.3 is 113 Å². The van der Waals surface area contributed by atoms with Gasteiger partial charge in [-0.2, -0.15) is 0 Å². The van der Waals surface area contributed by atoms with Crippen molar-refractivity contribution in [3.05, 3.63) is 9.06 Å². The van der Waals surface area contributed by atoms with Gasteiger partial charge in [-0.05, 0) is 0 Å². The van der Waals surface area contributed by atoms with E-state index in [2.05, 4.69) is 28.6 Å². The Labute approximate surface area is 113 Å². The van der Waals surface area contributed by atoms with Crippen LogP contribution in [0.25, 0.3) is 0 Å². The number of fused-ring (bicyclic) bond motifs is 3. The van der Waals surface area contributed by atoms with Crippen LogP contribution in [0.3, 0.4) is 0 Å². The van der Waals surface area contributed by atoms with E-state index in [1.807, 2.05) is 9.06 Å². The minimum atomic E-state index is -1.84. The van der Waals surface area contributed by atoms with Crippen LogP contribution in [0.15, 0.2) is 9.06 Å². The van der Waals surface area contributed by atoms with Gasteiger partial charge in [0.25, 0.3) is 0 Å². The summed E-state index contributed by atoms with van der Waals surface area (Å²) in [5.74, 6) is 1.98. The van der Waals surface area contributed by atoms with Gasteiger partial charge in [-0.1, -0.05) is 0 Å². The van der Waals surface area contributed by atoms with Crippen molar-refractivity contribution in [1.82, 2.24) is 0 Å². The average Bonchev–Trinajstić information content (AvgIpc) is 2.41. The molecule has 0 aromatic rings. The molecule has 2 fully saturated rings. The molecule has 2 bridgehead atoms. The van der Waals surface area contributed by atoms with Crippen molar-refractivity contribution in [3.8, 4) is 0 Å². The summed E-state index contributed by atoms with van der Waals surface area (Å²) < 4.78 is 1.91. The summed E-state index contributed by atoms with van der Waals surface area (Å²) in [6.07, 6.45) is 9.00. The molecule has 17 heavy (non-hydrogen) atoms. The molecular weight excluding hydrogens is 310 g/mol. The maximum absolute atomic E-state index is 2.60. The van der Waals surface area contributed by atoms with Gasteiger partial charge in [0.05, 0.1) is 0 Å². The van der Waals surface area contributed by atoms with Crippen LogP contribution in [0.1, 0.15) is 45.4 Å². The van der Waals surface area contributed by atoms with Crippen molar-refractivity contribution < 1.29 is 0 Å². The van der Waals surface area contributed by atoms with Crippen LogP contribution in [0.2, 0.25) is 27.5 Å².